The minimum atomic E-state index is 0.464. The Balaban J connectivity index is 1.51. The summed E-state index contributed by atoms with van der Waals surface area (Å²) in [4.78, 5) is 4.24. The van der Waals surface area contributed by atoms with Crippen LogP contribution in [-0.4, -0.2) is 34.6 Å². The van der Waals surface area contributed by atoms with E-state index >= 15 is 0 Å². The van der Waals surface area contributed by atoms with Gasteiger partial charge in [-0.2, -0.15) is 14.7 Å². The second-order valence-electron chi connectivity index (χ2n) is 6.74. The molecule has 1 fully saturated rings. The monoisotopic (exact) mass is 345 g/mol. The van der Waals surface area contributed by atoms with Gasteiger partial charge >= 0.3 is 0 Å². The van der Waals surface area contributed by atoms with Crippen molar-refractivity contribution in [2.45, 2.75) is 38.6 Å². The summed E-state index contributed by atoms with van der Waals surface area (Å²) in [6.07, 6.45) is 4.91. The van der Waals surface area contributed by atoms with Crippen molar-refractivity contribution in [2.24, 2.45) is 0 Å². The molecule has 4 heterocycles. The fourth-order valence-corrected chi connectivity index (χ4v) is 3.58. The third-order valence-corrected chi connectivity index (χ3v) is 5.06. The van der Waals surface area contributed by atoms with Crippen LogP contribution in [0.25, 0.3) is 17.0 Å². The second kappa shape index (κ2) is 5.72. The average Bonchev–Trinajstić information content (AvgIpc) is 3.24. The van der Waals surface area contributed by atoms with Crippen LogP contribution in [0.3, 0.4) is 0 Å². The summed E-state index contributed by atoms with van der Waals surface area (Å²) in [5, 5.41) is 17.7. The van der Waals surface area contributed by atoms with E-state index in [0.717, 1.165) is 41.5 Å². The van der Waals surface area contributed by atoms with E-state index in [4.69, 9.17) is 10.2 Å². The molecule has 0 bridgehead atoms. The van der Waals surface area contributed by atoms with E-state index in [-0.39, 0.29) is 0 Å². The Morgan fingerprint density at radius 3 is 2.85 bits per heavy atom. The lowest BCUT2D eigenvalue weighted by atomic mass is 10.1. The molecule has 0 amide bonds. The number of hydrogen-bond donors (Lipinski definition) is 0. The highest BCUT2D eigenvalue weighted by atomic mass is 15.4. The van der Waals surface area contributed by atoms with E-state index in [1.54, 1.807) is 4.52 Å². The Hall–Kier alpha value is -3.09. The Morgan fingerprint density at radius 2 is 2.04 bits per heavy atom. The topological polar surface area (TPSA) is 73.8 Å². The fourth-order valence-electron chi connectivity index (χ4n) is 3.58. The van der Waals surface area contributed by atoms with E-state index in [0.29, 0.717) is 11.8 Å². The van der Waals surface area contributed by atoms with Gasteiger partial charge in [-0.25, -0.2) is 0 Å². The highest BCUT2D eigenvalue weighted by Crippen LogP contribution is 2.54. The number of pyridine rings is 1. The molecule has 0 radical (unpaired) electrons. The predicted octanol–water partition coefficient (Wildman–Crippen LogP) is 2.98. The number of aromatic nitrogens is 7. The van der Waals surface area contributed by atoms with Gasteiger partial charge in [0.2, 0.25) is 0 Å². The largest absolute Gasteiger partial charge is 0.264 e. The van der Waals surface area contributed by atoms with E-state index in [9.17, 15) is 0 Å². The highest BCUT2D eigenvalue weighted by Gasteiger charge is 2.41. The Kier molecular flexibility index (Phi) is 3.34. The lowest BCUT2D eigenvalue weighted by Gasteiger charge is -2.04. The third-order valence-electron chi connectivity index (χ3n) is 5.06. The van der Waals surface area contributed by atoms with E-state index in [1.807, 2.05) is 42.2 Å². The first-order valence-corrected chi connectivity index (χ1v) is 8.91. The number of fused-ring (bicyclic) bond motifs is 1. The van der Waals surface area contributed by atoms with Gasteiger partial charge in [0.05, 0.1) is 11.4 Å². The summed E-state index contributed by atoms with van der Waals surface area (Å²) >= 11 is 0. The van der Waals surface area contributed by atoms with Crippen molar-refractivity contribution in [3.63, 3.8) is 0 Å². The van der Waals surface area contributed by atoms with Crippen LogP contribution in [0.5, 0.6) is 0 Å². The fraction of sp³-hybridized carbons (Fsp3) is 0.316. The summed E-state index contributed by atoms with van der Waals surface area (Å²) in [6.45, 7) is 4.82. The van der Waals surface area contributed by atoms with Gasteiger partial charge in [0.15, 0.2) is 11.5 Å². The standard InChI is InChI=1S/C19H19N7/c1-3-25-18(16-6-7-19-22-21-12(2)26(19)24-16)10-17(23-25)15-9-14(15)13-5-4-8-20-11-13/h4-8,10-11,14-15H,3,9H2,1-2H3. The molecule has 130 valence electrons. The molecule has 2 unspecified atom stereocenters. The number of hydrogen-bond acceptors (Lipinski definition) is 5. The van der Waals surface area contributed by atoms with Gasteiger partial charge in [-0.15, -0.1) is 10.2 Å². The lowest BCUT2D eigenvalue weighted by Crippen LogP contribution is -2.03. The van der Waals surface area contributed by atoms with Crippen molar-refractivity contribution >= 4 is 5.65 Å². The maximum absolute atomic E-state index is 4.85. The van der Waals surface area contributed by atoms with Gasteiger partial charge in [-0.3, -0.25) is 9.67 Å². The van der Waals surface area contributed by atoms with Crippen LogP contribution in [0, 0.1) is 6.92 Å². The van der Waals surface area contributed by atoms with E-state index in [1.165, 1.54) is 5.56 Å². The SMILES string of the molecule is CCn1nc(C2CC2c2cccnc2)cc1-c1ccc2nnc(C)n2n1. The van der Waals surface area contributed by atoms with Gasteiger partial charge in [-0.05, 0) is 56.0 Å². The zero-order valence-corrected chi connectivity index (χ0v) is 14.7. The molecule has 0 spiro atoms. The summed E-state index contributed by atoms with van der Waals surface area (Å²) in [5.41, 5.74) is 5.12. The van der Waals surface area contributed by atoms with Crippen LogP contribution >= 0.6 is 0 Å². The van der Waals surface area contributed by atoms with Gasteiger partial charge < -0.3 is 0 Å². The summed E-state index contributed by atoms with van der Waals surface area (Å²) in [6, 6.07) is 10.3. The smallest absolute Gasteiger partial charge is 0.177 e. The molecular weight excluding hydrogens is 326 g/mol. The van der Waals surface area contributed by atoms with Crippen LogP contribution in [0.2, 0.25) is 0 Å². The normalized spacial score (nSPS) is 19.2. The predicted molar refractivity (Wildman–Crippen MR) is 96.8 cm³/mol. The molecule has 1 saturated carbocycles. The molecule has 26 heavy (non-hydrogen) atoms. The first-order chi connectivity index (χ1) is 12.7. The van der Waals surface area contributed by atoms with Gasteiger partial charge in [0, 0.05) is 24.9 Å². The van der Waals surface area contributed by atoms with Gasteiger partial charge in [0.1, 0.15) is 5.69 Å². The van der Waals surface area contributed by atoms with Crippen molar-refractivity contribution in [2.75, 3.05) is 0 Å². The van der Waals surface area contributed by atoms with Crippen molar-refractivity contribution in [1.29, 1.82) is 0 Å². The number of aryl methyl sites for hydroxylation is 2. The molecule has 4 aromatic heterocycles. The number of nitrogens with zero attached hydrogens (tertiary/aromatic N) is 7. The van der Waals surface area contributed by atoms with E-state index in [2.05, 4.69) is 34.2 Å². The molecule has 1 aliphatic carbocycles. The molecule has 4 aromatic rings. The van der Waals surface area contributed by atoms with Crippen LogP contribution in [0.4, 0.5) is 0 Å². The third kappa shape index (κ3) is 2.39. The summed E-state index contributed by atoms with van der Waals surface area (Å²) in [5.74, 6) is 1.77. The Bertz CT molecular complexity index is 1080. The van der Waals surface area contributed by atoms with Crippen molar-refractivity contribution in [1.82, 2.24) is 34.6 Å². The second-order valence-corrected chi connectivity index (χ2v) is 6.74. The van der Waals surface area contributed by atoms with Crippen molar-refractivity contribution in [3.05, 3.63) is 59.8 Å². The lowest BCUT2D eigenvalue weighted by molar-refractivity contribution is 0.650. The first-order valence-electron chi connectivity index (χ1n) is 8.91. The molecule has 7 heteroatoms. The van der Waals surface area contributed by atoms with Gasteiger partial charge in [-0.1, -0.05) is 6.07 Å². The summed E-state index contributed by atoms with van der Waals surface area (Å²) < 4.78 is 3.80. The molecule has 7 nitrogen and oxygen atoms in total. The molecule has 1 aliphatic rings. The van der Waals surface area contributed by atoms with Crippen LogP contribution < -0.4 is 0 Å². The van der Waals surface area contributed by atoms with Crippen molar-refractivity contribution < 1.29 is 0 Å². The minimum absolute atomic E-state index is 0.464. The molecule has 0 aromatic carbocycles. The van der Waals surface area contributed by atoms with E-state index < -0.39 is 0 Å². The molecule has 5 rings (SSSR count). The van der Waals surface area contributed by atoms with Crippen LogP contribution in [0.15, 0.2) is 42.7 Å². The minimum Gasteiger partial charge on any atom is -0.264 e. The Morgan fingerprint density at radius 1 is 1.12 bits per heavy atom. The highest BCUT2D eigenvalue weighted by molar-refractivity contribution is 5.57. The molecule has 0 N–H and O–H groups in total. The maximum Gasteiger partial charge on any atom is 0.177 e. The zero-order chi connectivity index (χ0) is 17.7. The maximum atomic E-state index is 4.85. The molecule has 0 saturated heterocycles. The van der Waals surface area contributed by atoms with Crippen molar-refractivity contribution in [3.8, 4) is 11.4 Å². The van der Waals surface area contributed by atoms with Gasteiger partial charge in [0.25, 0.3) is 0 Å². The number of rotatable bonds is 4. The van der Waals surface area contributed by atoms with Crippen LogP contribution in [0.1, 0.15) is 42.3 Å². The molecule has 2 atom stereocenters. The zero-order valence-electron chi connectivity index (χ0n) is 14.7. The molecular formula is C19H19N7. The summed E-state index contributed by atoms with van der Waals surface area (Å²) in [7, 11) is 0. The quantitative estimate of drug-likeness (QED) is 0.568. The van der Waals surface area contributed by atoms with Crippen LogP contribution in [-0.2, 0) is 6.54 Å². The molecule has 0 aliphatic heterocycles. The Labute approximate surface area is 150 Å². The average molecular weight is 345 g/mol. The first kappa shape index (κ1) is 15.2.